The fourth-order valence-electron chi connectivity index (χ4n) is 3.44. The van der Waals surface area contributed by atoms with E-state index in [-0.39, 0.29) is 24.2 Å². The molecule has 1 aromatic carbocycles. The first-order valence-corrected chi connectivity index (χ1v) is 9.70. The molecule has 0 bridgehead atoms. The van der Waals surface area contributed by atoms with Gasteiger partial charge in [-0.3, -0.25) is 9.59 Å². The Bertz CT molecular complexity index is 770. The Balaban J connectivity index is 1.67. The summed E-state index contributed by atoms with van der Waals surface area (Å²) in [6.45, 7) is 3.49. The fraction of sp³-hybridized carbons (Fsp3) is 0.429. The number of piperidine rings is 1. The van der Waals surface area contributed by atoms with Crippen molar-refractivity contribution in [2.45, 2.75) is 32.2 Å². The van der Waals surface area contributed by atoms with E-state index in [0.29, 0.717) is 19.1 Å². The number of nitrogens with zero attached hydrogens (tertiary/aromatic N) is 3. The molecule has 2 aromatic rings. The lowest BCUT2D eigenvalue weighted by molar-refractivity contribution is -0.144. The van der Waals surface area contributed by atoms with Crippen molar-refractivity contribution in [3.8, 4) is 0 Å². The van der Waals surface area contributed by atoms with E-state index in [4.69, 9.17) is 4.74 Å². The predicted molar refractivity (Wildman–Crippen MR) is 106 cm³/mol. The first-order valence-electron chi connectivity index (χ1n) is 9.70. The number of amides is 1. The Morgan fingerprint density at radius 3 is 2.68 bits per heavy atom. The summed E-state index contributed by atoms with van der Waals surface area (Å²) in [7, 11) is 0. The monoisotopic (exact) mass is 382 g/mol. The normalized spacial score (nSPS) is 17.6. The molecule has 1 saturated heterocycles. The molecule has 0 saturated carbocycles. The van der Waals surface area contributed by atoms with Gasteiger partial charge < -0.3 is 15.0 Å². The van der Waals surface area contributed by atoms with Gasteiger partial charge in [-0.25, -0.2) is 9.97 Å². The summed E-state index contributed by atoms with van der Waals surface area (Å²) in [5.41, 5.74) is 0.892. The number of benzene rings is 1. The molecule has 3 rings (SSSR count). The van der Waals surface area contributed by atoms with Gasteiger partial charge in [0, 0.05) is 25.5 Å². The van der Waals surface area contributed by atoms with Crippen LogP contribution in [0.1, 0.15) is 37.8 Å². The number of carbonyl (C=O) groups excluding carboxylic acids is 2. The molecular weight excluding hydrogens is 356 g/mol. The van der Waals surface area contributed by atoms with E-state index in [1.54, 1.807) is 25.4 Å². The van der Waals surface area contributed by atoms with Crippen LogP contribution in [-0.2, 0) is 14.3 Å². The number of aromatic nitrogens is 2. The standard InChI is InChI=1S/C21H26N4O3/c1-2-28-19(26)14-18(16-8-4-3-5-9-16)24-20(27)17-10-6-13-25(15-17)21-22-11-7-12-23-21/h3-5,7-9,11-12,17-18H,2,6,10,13-15H2,1H3,(H,24,27). The lowest BCUT2D eigenvalue weighted by Crippen LogP contribution is -2.44. The van der Waals surface area contributed by atoms with Gasteiger partial charge in [-0.2, -0.15) is 0 Å². The summed E-state index contributed by atoms with van der Waals surface area (Å²) in [5, 5.41) is 3.06. The second kappa shape index (κ2) is 9.82. The van der Waals surface area contributed by atoms with Crippen LogP contribution >= 0.6 is 0 Å². The minimum absolute atomic E-state index is 0.0567. The molecule has 0 aliphatic carbocycles. The molecular formula is C21H26N4O3. The second-order valence-corrected chi connectivity index (χ2v) is 6.81. The van der Waals surface area contributed by atoms with Crippen molar-refractivity contribution >= 4 is 17.8 Å². The van der Waals surface area contributed by atoms with Gasteiger partial charge in [-0.15, -0.1) is 0 Å². The molecule has 0 radical (unpaired) electrons. The van der Waals surface area contributed by atoms with Gasteiger partial charge in [0.05, 0.1) is 25.0 Å². The van der Waals surface area contributed by atoms with Crippen molar-refractivity contribution < 1.29 is 14.3 Å². The van der Waals surface area contributed by atoms with E-state index < -0.39 is 6.04 Å². The van der Waals surface area contributed by atoms with Crippen molar-refractivity contribution in [3.05, 3.63) is 54.4 Å². The summed E-state index contributed by atoms with van der Waals surface area (Å²) >= 11 is 0. The number of nitrogens with one attached hydrogen (secondary N) is 1. The zero-order chi connectivity index (χ0) is 19.8. The summed E-state index contributed by atoms with van der Waals surface area (Å²) in [5.74, 6) is 0.0930. The Morgan fingerprint density at radius 1 is 1.21 bits per heavy atom. The third kappa shape index (κ3) is 5.28. The Morgan fingerprint density at radius 2 is 1.96 bits per heavy atom. The van der Waals surface area contributed by atoms with Gasteiger partial charge in [0.25, 0.3) is 0 Å². The topological polar surface area (TPSA) is 84.4 Å². The molecule has 2 heterocycles. The molecule has 1 amide bonds. The van der Waals surface area contributed by atoms with Crippen LogP contribution in [0, 0.1) is 5.92 Å². The third-order valence-electron chi connectivity index (χ3n) is 4.82. The van der Waals surface area contributed by atoms with Crippen LogP contribution in [0.4, 0.5) is 5.95 Å². The molecule has 1 aliphatic rings. The summed E-state index contributed by atoms with van der Waals surface area (Å²) in [6.07, 6.45) is 5.22. The number of hydrogen-bond acceptors (Lipinski definition) is 6. The SMILES string of the molecule is CCOC(=O)CC(NC(=O)C1CCCN(c2ncccn2)C1)c1ccccc1. The van der Waals surface area contributed by atoms with Crippen LogP contribution in [0.2, 0.25) is 0 Å². The fourth-order valence-corrected chi connectivity index (χ4v) is 3.44. The van der Waals surface area contributed by atoms with Crippen molar-refractivity contribution in [2.24, 2.45) is 5.92 Å². The van der Waals surface area contributed by atoms with Gasteiger partial charge in [0.2, 0.25) is 11.9 Å². The van der Waals surface area contributed by atoms with Gasteiger partial charge in [-0.1, -0.05) is 30.3 Å². The van der Waals surface area contributed by atoms with Crippen molar-refractivity contribution in [1.29, 1.82) is 0 Å². The number of hydrogen-bond donors (Lipinski definition) is 1. The molecule has 1 aromatic heterocycles. The third-order valence-corrected chi connectivity index (χ3v) is 4.82. The van der Waals surface area contributed by atoms with Crippen LogP contribution in [0.3, 0.4) is 0 Å². The van der Waals surface area contributed by atoms with Crippen LogP contribution in [0.5, 0.6) is 0 Å². The summed E-state index contributed by atoms with van der Waals surface area (Å²) < 4.78 is 5.08. The van der Waals surface area contributed by atoms with Crippen molar-refractivity contribution in [3.63, 3.8) is 0 Å². The van der Waals surface area contributed by atoms with E-state index in [1.165, 1.54) is 0 Å². The summed E-state index contributed by atoms with van der Waals surface area (Å²) in [6, 6.07) is 10.9. The Labute approximate surface area is 165 Å². The quantitative estimate of drug-likeness (QED) is 0.741. The number of rotatable bonds is 7. The molecule has 7 nitrogen and oxygen atoms in total. The molecule has 28 heavy (non-hydrogen) atoms. The van der Waals surface area contributed by atoms with Crippen LogP contribution in [-0.4, -0.2) is 41.5 Å². The molecule has 148 valence electrons. The number of anilines is 1. The molecule has 7 heteroatoms. The number of esters is 1. The zero-order valence-corrected chi connectivity index (χ0v) is 16.1. The van der Waals surface area contributed by atoms with E-state index in [9.17, 15) is 9.59 Å². The largest absolute Gasteiger partial charge is 0.466 e. The van der Waals surface area contributed by atoms with Gasteiger partial charge in [0.15, 0.2) is 0 Å². The molecule has 1 fully saturated rings. The van der Waals surface area contributed by atoms with E-state index in [1.807, 2.05) is 35.2 Å². The van der Waals surface area contributed by atoms with Crippen molar-refractivity contribution in [1.82, 2.24) is 15.3 Å². The van der Waals surface area contributed by atoms with E-state index >= 15 is 0 Å². The van der Waals surface area contributed by atoms with Crippen LogP contribution < -0.4 is 10.2 Å². The van der Waals surface area contributed by atoms with Gasteiger partial charge in [-0.05, 0) is 31.4 Å². The first kappa shape index (κ1) is 19.8. The molecule has 1 N–H and O–H groups in total. The second-order valence-electron chi connectivity index (χ2n) is 6.81. The number of ether oxygens (including phenoxy) is 1. The lowest BCUT2D eigenvalue weighted by Gasteiger charge is -2.32. The molecule has 0 spiro atoms. The average molecular weight is 382 g/mol. The predicted octanol–water partition coefficient (Wildman–Crippen LogP) is 2.50. The van der Waals surface area contributed by atoms with Crippen molar-refractivity contribution in [2.75, 3.05) is 24.6 Å². The maximum Gasteiger partial charge on any atom is 0.308 e. The maximum absolute atomic E-state index is 13.0. The lowest BCUT2D eigenvalue weighted by atomic mass is 9.95. The first-order chi connectivity index (χ1) is 13.7. The highest BCUT2D eigenvalue weighted by atomic mass is 16.5. The minimum atomic E-state index is -0.406. The molecule has 2 unspecified atom stereocenters. The highest BCUT2D eigenvalue weighted by molar-refractivity contribution is 5.81. The Kier molecular flexibility index (Phi) is 6.94. The maximum atomic E-state index is 13.0. The highest BCUT2D eigenvalue weighted by Gasteiger charge is 2.29. The summed E-state index contributed by atoms with van der Waals surface area (Å²) in [4.78, 5) is 35.6. The molecule has 1 aliphatic heterocycles. The zero-order valence-electron chi connectivity index (χ0n) is 16.1. The smallest absolute Gasteiger partial charge is 0.308 e. The van der Waals surface area contributed by atoms with Gasteiger partial charge >= 0.3 is 5.97 Å². The van der Waals surface area contributed by atoms with Crippen LogP contribution in [0.15, 0.2) is 48.8 Å². The van der Waals surface area contributed by atoms with Crippen LogP contribution in [0.25, 0.3) is 0 Å². The Hall–Kier alpha value is -2.96. The van der Waals surface area contributed by atoms with E-state index in [2.05, 4.69) is 15.3 Å². The van der Waals surface area contributed by atoms with E-state index in [0.717, 1.165) is 24.9 Å². The number of carbonyl (C=O) groups is 2. The van der Waals surface area contributed by atoms with Gasteiger partial charge in [0.1, 0.15) is 0 Å². The highest BCUT2D eigenvalue weighted by Crippen LogP contribution is 2.23. The average Bonchev–Trinajstić information content (AvgIpc) is 2.75. The minimum Gasteiger partial charge on any atom is -0.466 e. The molecule has 2 atom stereocenters.